The summed E-state index contributed by atoms with van der Waals surface area (Å²) < 4.78 is 11.5. The lowest BCUT2D eigenvalue weighted by molar-refractivity contribution is 0.0527. The van der Waals surface area contributed by atoms with Crippen LogP contribution >= 0.6 is 0 Å². The van der Waals surface area contributed by atoms with Crippen molar-refractivity contribution in [3.8, 4) is 0 Å². The second-order valence-electron chi connectivity index (χ2n) is 7.40. The fourth-order valence-electron chi connectivity index (χ4n) is 3.81. The normalized spacial score (nSPS) is 10.8. The minimum Gasteiger partial charge on any atom is -0.465 e. The Morgan fingerprint density at radius 3 is 2.45 bits per heavy atom. The van der Waals surface area contributed by atoms with Crippen LogP contribution in [0.2, 0.25) is 0 Å². The van der Waals surface area contributed by atoms with E-state index < -0.39 is 5.97 Å². The number of benzene rings is 1. The van der Waals surface area contributed by atoms with Gasteiger partial charge >= 0.3 is 11.9 Å². The Bertz CT molecular complexity index is 1220. The molecular formula is C24H28N4O5. The molecular weight excluding hydrogens is 424 g/mol. The molecule has 0 spiro atoms. The van der Waals surface area contributed by atoms with E-state index >= 15 is 0 Å². The van der Waals surface area contributed by atoms with Gasteiger partial charge in [-0.1, -0.05) is 19.9 Å². The van der Waals surface area contributed by atoms with Crippen molar-refractivity contribution in [2.75, 3.05) is 13.7 Å². The first-order valence-corrected chi connectivity index (χ1v) is 10.9. The Morgan fingerprint density at radius 2 is 1.82 bits per heavy atom. The lowest BCUT2D eigenvalue weighted by atomic mass is 9.95. The number of methoxy groups -OCH3 is 1. The lowest BCUT2D eigenvalue weighted by Crippen LogP contribution is -2.25. The van der Waals surface area contributed by atoms with Crippen LogP contribution in [0.5, 0.6) is 0 Å². The molecule has 0 radical (unpaired) electrons. The molecule has 9 heteroatoms. The predicted octanol–water partition coefficient (Wildman–Crippen LogP) is 3.06. The topological polar surface area (TPSA) is 112 Å². The molecule has 0 atom stereocenters. The molecule has 0 unspecified atom stereocenters. The molecule has 0 saturated heterocycles. The van der Waals surface area contributed by atoms with Gasteiger partial charge in [0.05, 0.1) is 25.5 Å². The standard InChI is InChI=1S/C24H28N4O5/c1-6-16-11-20(27-21-19(13-26-28(16)21)24(31)33-8-3)22(29)25-12-15-9-10-18(23(30)32-5)14(4)17(15)7-2/h9-11,13H,6-8,12H2,1-5H3,(H,25,29). The van der Waals surface area contributed by atoms with Crippen molar-refractivity contribution in [3.63, 3.8) is 0 Å². The van der Waals surface area contributed by atoms with Crippen LogP contribution in [-0.2, 0) is 28.9 Å². The van der Waals surface area contributed by atoms with Gasteiger partial charge < -0.3 is 14.8 Å². The number of carbonyl (C=O) groups is 3. The molecule has 9 nitrogen and oxygen atoms in total. The average Bonchev–Trinajstić information content (AvgIpc) is 3.25. The van der Waals surface area contributed by atoms with E-state index in [-0.39, 0.29) is 41.9 Å². The summed E-state index contributed by atoms with van der Waals surface area (Å²) in [6.45, 7) is 8.01. The van der Waals surface area contributed by atoms with Crippen LogP contribution in [0.25, 0.3) is 5.65 Å². The Labute approximate surface area is 192 Å². The van der Waals surface area contributed by atoms with Crippen LogP contribution in [0.4, 0.5) is 0 Å². The number of nitrogens with one attached hydrogen (secondary N) is 1. The monoisotopic (exact) mass is 452 g/mol. The number of ether oxygens (including phenoxy) is 2. The Balaban J connectivity index is 1.90. The summed E-state index contributed by atoms with van der Waals surface area (Å²) in [6, 6.07) is 5.19. The first-order chi connectivity index (χ1) is 15.9. The highest BCUT2D eigenvalue weighted by Crippen LogP contribution is 2.21. The second-order valence-corrected chi connectivity index (χ2v) is 7.40. The highest BCUT2D eigenvalue weighted by atomic mass is 16.5. The SMILES string of the molecule is CCOC(=O)c1cnn2c(CC)cc(C(=O)NCc3ccc(C(=O)OC)c(C)c3CC)nc12. The highest BCUT2D eigenvalue weighted by Gasteiger charge is 2.20. The maximum Gasteiger partial charge on any atom is 0.343 e. The van der Waals surface area contributed by atoms with E-state index in [2.05, 4.69) is 15.4 Å². The maximum atomic E-state index is 13.0. The second kappa shape index (κ2) is 10.2. The first kappa shape index (κ1) is 23.9. The summed E-state index contributed by atoms with van der Waals surface area (Å²) in [4.78, 5) is 41.6. The van der Waals surface area contributed by atoms with Gasteiger partial charge in [0.2, 0.25) is 0 Å². The van der Waals surface area contributed by atoms with Crippen molar-refractivity contribution in [1.29, 1.82) is 0 Å². The minimum atomic E-state index is -0.534. The van der Waals surface area contributed by atoms with Crippen LogP contribution in [-0.4, -0.2) is 46.2 Å². The van der Waals surface area contributed by atoms with Crippen LogP contribution < -0.4 is 5.32 Å². The molecule has 0 bridgehead atoms. The molecule has 174 valence electrons. The molecule has 1 amide bonds. The number of fused-ring (bicyclic) bond motifs is 1. The molecule has 33 heavy (non-hydrogen) atoms. The van der Waals surface area contributed by atoms with E-state index in [0.29, 0.717) is 18.4 Å². The van der Waals surface area contributed by atoms with Crippen LogP contribution in [0.3, 0.4) is 0 Å². The number of rotatable bonds is 8. The average molecular weight is 453 g/mol. The third-order valence-corrected chi connectivity index (χ3v) is 5.53. The largest absolute Gasteiger partial charge is 0.465 e. The van der Waals surface area contributed by atoms with Crippen molar-refractivity contribution >= 4 is 23.5 Å². The molecule has 2 heterocycles. The van der Waals surface area contributed by atoms with E-state index in [1.807, 2.05) is 26.8 Å². The number of hydrogen-bond acceptors (Lipinski definition) is 7. The summed E-state index contributed by atoms with van der Waals surface area (Å²) in [6.07, 6.45) is 2.70. The Kier molecular flexibility index (Phi) is 7.42. The molecule has 2 aromatic heterocycles. The maximum absolute atomic E-state index is 13.0. The van der Waals surface area contributed by atoms with Gasteiger partial charge in [-0.3, -0.25) is 4.79 Å². The van der Waals surface area contributed by atoms with Crippen molar-refractivity contribution in [1.82, 2.24) is 19.9 Å². The highest BCUT2D eigenvalue weighted by molar-refractivity contribution is 5.97. The zero-order chi connectivity index (χ0) is 24.1. The van der Waals surface area contributed by atoms with Crippen molar-refractivity contribution in [2.45, 2.75) is 47.1 Å². The third-order valence-electron chi connectivity index (χ3n) is 5.53. The summed E-state index contributed by atoms with van der Waals surface area (Å²) in [7, 11) is 1.35. The van der Waals surface area contributed by atoms with Gasteiger partial charge in [-0.15, -0.1) is 0 Å². The van der Waals surface area contributed by atoms with Crippen molar-refractivity contribution in [2.24, 2.45) is 0 Å². The summed E-state index contributed by atoms with van der Waals surface area (Å²) in [5, 5.41) is 7.13. The molecule has 0 aliphatic heterocycles. The van der Waals surface area contributed by atoms with E-state index in [9.17, 15) is 14.4 Å². The number of esters is 2. The smallest absolute Gasteiger partial charge is 0.343 e. The van der Waals surface area contributed by atoms with Gasteiger partial charge in [0.1, 0.15) is 11.3 Å². The van der Waals surface area contributed by atoms with Gasteiger partial charge in [0.25, 0.3) is 5.91 Å². The molecule has 1 N–H and O–H groups in total. The lowest BCUT2D eigenvalue weighted by Gasteiger charge is -2.15. The van der Waals surface area contributed by atoms with Gasteiger partial charge in [-0.05, 0) is 55.5 Å². The number of carbonyl (C=O) groups excluding carboxylic acids is 3. The summed E-state index contributed by atoms with van der Waals surface area (Å²) in [5.41, 5.74) is 4.66. The van der Waals surface area contributed by atoms with Crippen LogP contribution in [0, 0.1) is 6.92 Å². The Hall–Kier alpha value is -3.75. The first-order valence-electron chi connectivity index (χ1n) is 10.9. The van der Waals surface area contributed by atoms with Crippen molar-refractivity contribution in [3.05, 3.63) is 63.6 Å². The van der Waals surface area contributed by atoms with Crippen molar-refractivity contribution < 1.29 is 23.9 Å². The summed E-state index contributed by atoms with van der Waals surface area (Å²) >= 11 is 0. The van der Waals surface area contributed by atoms with Crippen LogP contribution in [0.15, 0.2) is 24.4 Å². The summed E-state index contributed by atoms with van der Waals surface area (Å²) in [5.74, 6) is -1.30. The number of nitrogens with zero attached hydrogens (tertiary/aromatic N) is 3. The molecule has 0 aliphatic carbocycles. The fraction of sp³-hybridized carbons (Fsp3) is 0.375. The molecule has 1 aromatic carbocycles. The Morgan fingerprint density at radius 1 is 1.06 bits per heavy atom. The fourth-order valence-corrected chi connectivity index (χ4v) is 3.81. The molecule has 3 aromatic rings. The number of aromatic nitrogens is 3. The van der Waals surface area contributed by atoms with E-state index in [4.69, 9.17) is 9.47 Å². The third kappa shape index (κ3) is 4.72. The van der Waals surface area contributed by atoms with Gasteiger partial charge in [-0.2, -0.15) is 5.10 Å². The van der Waals surface area contributed by atoms with Gasteiger partial charge in [0, 0.05) is 12.2 Å². The van der Waals surface area contributed by atoms with E-state index in [1.165, 1.54) is 13.3 Å². The van der Waals surface area contributed by atoms with E-state index in [0.717, 1.165) is 22.4 Å². The van der Waals surface area contributed by atoms with E-state index in [1.54, 1.807) is 23.6 Å². The predicted molar refractivity (Wildman–Crippen MR) is 121 cm³/mol. The molecule has 3 rings (SSSR count). The quantitative estimate of drug-likeness (QED) is 0.523. The minimum absolute atomic E-state index is 0.186. The molecule has 0 fully saturated rings. The zero-order valence-electron chi connectivity index (χ0n) is 19.5. The number of aryl methyl sites for hydroxylation is 1. The zero-order valence-corrected chi connectivity index (χ0v) is 19.5. The van der Waals surface area contributed by atoms with Crippen LogP contribution in [0.1, 0.15) is 74.4 Å². The molecule has 0 saturated carbocycles. The van der Waals surface area contributed by atoms with Gasteiger partial charge in [-0.25, -0.2) is 19.1 Å². The molecule has 0 aliphatic rings. The van der Waals surface area contributed by atoms with Gasteiger partial charge in [0.15, 0.2) is 5.65 Å². The number of hydrogen-bond donors (Lipinski definition) is 1. The number of amides is 1.